The van der Waals surface area contributed by atoms with Crippen LogP contribution in [0.15, 0.2) is 24.3 Å². The fourth-order valence-corrected chi connectivity index (χ4v) is 3.49. The minimum Gasteiger partial charge on any atom is -0.358 e. The molecule has 1 unspecified atom stereocenters. The lowest BCUT2D eigenvalue weighted by Gasteiger charge is -2.15. The molecule has 0 bridgehead atoms. The number of H-pyrrole nitrogens is 1. The van der Waals surface area contributed by atoms with Gasteiger partial charge in [0, 0.05) is 28.2 Å². The summed E-state index contributed by atoms with van der Waals surface area (Å²) in [6, 6.07) is 8.06. The van der Waals surface area contributed by atoms with Crippen LogP contribution in [0.3, 0.4) is 0 Å². The van der Waals surface area contributed by atoms with Crippen molar-refractivity contribution in [3.8, 4) is 0 Å². The molecule has 2 aromatic heterocycles. The van der Waals surface area contributed by atoms with Gasteiger partial charge in [-0.1, -0.05) is 0 Å². The summed E-state index contributed by atoms with van der Waals surface area (Å²) in [6.07, 6.45) is 2.49. The first-order valence-corrected chi connectivity index (χ1v) is 8.90. The van der Waals surface area contributed by atoms with Crippen LogP contribution >= 0.6 is 0 Å². The highest BCUT2D eigenvalue weighted by Gasteiger charge is 2.31. The maximum absolute atomic E-state index is 12.8. The average molecular weight is 336 g/mol. The molecule has 3 aromatic rings. The van der Waals surface area contributed by atoms with Crippen LogP contribution in [-0.2, 0) is 0 Å². The Morgan fingerprint density at radius 2 is 2.04 bits per heavy atom. The van der Waals surface area contributed by atoms with Crippen LogP contribution in [0, 0.1) is 26.7 Å². The number of hydrogen-bond donors (Lipinski definition) is 2. The molecule has 1 fully saturated rings. The van der Waals surface area contributed by atoms with Gasteiger partial charge in [0.05, 0.1) is 11.7 Å². The number of aryl methyl sites for hydroxylation is 3. The summed E-state index contributed by atoms with van der Waals surface area (Å²) >= 11 is 0. The zero-order chi connectivity index (χ0) is 17.7. The predicted molar refractivity (Wildman–Crippen MR) is 100 cm³/mol. The first kappa shape index (κ1) is 15.9. The van der Waals surface area contributed by atoms with E-state index in [2.05, 4.69) is 36.2 Å². The van der Waals surface area contributed by atoms with E-state index in [1.807, 2.05) is 35.9 Å². The van der Waals surface area contributed by atoms with E-state index in [4.69, 9.17) is 0 Å². The van der Waals surface area contributed by atoms with Crippen molar-refractivity contribution in [3.05, 3.63) is 46.8 Å². The summed E-state index contributed by atoms with van der Waals surface area (Å²) in [5.74, 6) is 1.37. The Morgan fingerprint density at radius 3 is 2.76 bits per heavy atom. The molecule has 5 heteroatoms. The smallest absolute Gasteiger partial charge is 0.256 e. The Hall–Kier alpha value is -2.56. The summed E-state index contributed by atoms with van der Waals surface area (Å²) in [4.78, 5) is 16.1. The van der Waals surface area contributed by atoms with E-state index in [0.29, 0.717) is 17.5 Å². The molecule has 1 atom stereocenters. The Balaban J connectivity index is 1.63. The van der Waals surface area contributed by atoms with Crippen molar-refractivity contribution in [2.45, 2.75) is 46.6 Å². The number of nitrogens with one attached hydrogen (secondary N) is 2. The van der Waals surface area contributed by atoms with E-state index in [0.717, 1.165) is 28.1 Å². The van der Waals surface area contributed by atoms with Crippen LogP contribution in [0.2, 0.25) is 0 Å². The largest absolute Gasteiger partial charge is 0.358 e. The van der Waals surface area contributed by atoms with Gasteiger partial charge >= 0.3 is 0 Å². The summed E-state index contributed by atoms with van der Waals surface area (Å²) in [5, 5.41) is 8.73. The molecule has 0 spiro atoms. The quantitative estimate of drug-likeness (QED) is 0.736. The second kappa shape index (κ2) is 5.76. The topological polar surface area (TPSA) is 62.7 Å². The van der Waals surface area contributed by atoms with Gasteiger partial charge in [0.1, 0.15) is 5.82 Å². The van der Waals surface area contributed by atoms with Gasteiger partial charge in [-0.05, 0) is 70.2 Å². The molecular formula is C20H24N4O. The predicted octanol–water partition coefficient (Wildman–Crippen LogP) is 4.51. The second-order valence-electron chi connectivity index (χ2n) is 7.28. The Kier molecular flexibility index (Phi) is 3.67. The van der Waals surface area contributed by atoms with E-state index in [1.165, 1.54) is 18.4 Å². The van der Waals surface area contributed by atoms with E-state index in [-0.39, 0.29) is 5.91 Å². The number of rotatable bonds is 4. The average Bonchev–Trinajstić information content (AvgIpc) is 3.31. The maximum Gasteiger partial charge on any atom is 0.256 e. The number of fused-ring (bicyclic) bond motifs is 1. The second-order valence-corrected chi connectivity index (χ2v) is 7.28. The van der Waals surface area contributed by atoms with E-state index in [1.54, 1.807) is 0 Å². The molecule has 0 saturated heterocycles. The van der Waals surface area contributed by atoms with Gasteiger partial charge < -0.3 is 10.3 Å². The SMILES string of the molecule is Cc1cc(NC(=O)c2ccc3[nH]c(C)c(C)c3c2)n(C(C)C2CC2)n1. The van der Waals surface area contributed by atoms with Gasteiger partial charge in [-0.3, -0.25) is 4.79 Å². The molecule has 1 amide bonds. The Labute approximate surface area is 147 Å². The molecule has 0 aliphatic heterocycles. The van der Waals surface area contributed by atoms with Crippen molar-refractivity contribution in [2.75, 3.05) is 5.32 Å². The molecule has 5 nitrogen and oxygen atoms in total. The van der Waals surface area contributed by atoms with Crippen LogP contribution in [0.5, 0.6) is 0 Å². The molecule has 25 heavy (non-hydrogen) atoms. The molecule has 1 aliphatic rings. The number of carbonyl (C=O) groups excluding carboxylic acids is 1. The van der Waals surface area contributed by atoms with Crippen LogP contribution in [0.25, 0.3) is 10.9 Å². The lowest BCUT2D eigenvalue weighted by Crippen LogP contribution is -2.18. The summed E-state index contributed by atoms with van der Waals surface area (Å²) in [7, 11) is 0. The minimum atomic E-state index is -0.0932. The number of nitrogens with zero attached hydrogens (tertiary/aromatic N) is 2. The molecule has 130 valence electrons. The van der Waals surface area contributed by atoms with Crippen LogP contribution in [0.4, 0.5) is 5.82 Å². The Bertz CT molecular complexity index is 962. The van der Waals surface area contributed by atoms with E-state index in [9.17, 15) is 4.79 Å². The lowest BCUT2D eigenvalue weighted by atomic mass is 10.1. The monoisotopic (exact) mass is 336 g/mol. The standard InChI is InChI=1S/C20H24N4O/c1-11-9-19(24(23-11)14(4)15-5-6-15)22-20(25)16-7-8-18-17(10-16)12(2)13(3)21-18/h7-10,14-15,21H,5-6H2,1-4H3,(H,22,25). The van der Waals surface area contributed by atoms with Crippen molar-refractivity contribution in [1.29, 1.82) is 0 Å². The zero-order valence-electron chi connectivity index (χ0n) is 15.2. The molecule has 2 N–H and O–H groups in total. The minimum absolute atomic E-state index is 0.0932. The van der Waals surface area contributed by atoms with E-state index >= 15 is 0 Å². The third-order valence-corrected chi connectivity index (χ3v) is 5.36. The number of benzene rings is 1. The third kappa shape index (κ3) is 2.84. The van der Waals surface area contributed by atoms with Crippen molar-refractivity contribution in [2.24, 2.45) is 5.92 Å². The van der Waals surface area contributed by atoms with Crippen LogP contribution in [-0.4, -0.2) is 20.7 Å². The number of anilines is 1. The van der Waals surface area contributed by atoms with Crippen molar-refractivity contribution >= 4 is 22.6 Å². The van der Waals surface area contributed by atoms with Gasteiger partial charge in [-0.15, -0.1) is 0 Å². The summed E-state index contributed by atoms with van der Waals surface area (Å²) in [6.45, 7) is 8.27. The number of aromatic nitrogens is 3. The Morgan fingerprint density at radius 1 is 1.28 bits per heavy atom. The molecule has 1 aliphatic carbocycles. The van der Waals surface area contributed by atoms with Crippen LogP contribution < -0.4 is 5.32 Å². The fourth-order valence-electron chi connectivity index (χ4n) is 3.49. The van der Waals surface area contributed by atoms with Crippen molar-refractivity contribution in [3.63, 3.8) is 0 Å². The molecule has 4 rings (SSSR count). The van der Waals surface area contributed by atoms with Gasteiger partial charge in [0.25, 0.3) is 5.91 Å². The molecule has 0 radical (unpaired) electrons. The molecule has 1 saturated carbocycles. The first-order chi connectivity index (χ1) is 11.9. The highest BCUT2D eigenvalue weighted by Crippen LogP contribution is 2.40. The van der Waals surface area contributed by atoms with E-state index < -0.39 is 0 Å². The lowest BCUT2D eigenvalue weighted by molar-refractivity contribution is 0.102. The van der Waals surface area contributed by atoms with Crippen LogP contribution in [0.1, 0.15) is 53.1 Å². The number of hydrogen-bond acceptors (Lipinski definition) is 2. The zero-order valence-corrected chi connectivity index (χ0v) is 15.2. The normalized spacial score (nSPS) is 15.5. The van der Waals surface area contributed by atoms with Gasteiger partial charge in [-0.25, -0.2) is 4.68 Å². The number of carbonyl (C=O) groups is 1. The van der Waals surface area contributed by atoms with Gasteiger partial charge in [0.15, 0.2) is 0 Å². The molecular weight excluding hydrogens is 312 g/mol. The van der Waals surface area contributed by atoms with Gasteiger partial charge in [-0.2, -0.15) is 5.10 Å². The first-order valence-electron chi connectivity index (χ1n) is 8.90. The number of amides is 1. The number of aromatic amines is 1. The molecule has 1 aromatic carbocycles. The van der Waals surface area contributed by atoms with Gasteiger partial charge in [0.2, 0.25) is 0 Å². The highest BCUT2D eigenvalue weighted by atomic mass is 16.1. The molecule has 2 heterocycles. The van der Waals surface area contributed by atoms with Crippen molar-refractivity contribution < 1.29 is 4.79 Å². The highest BCUT2D eigenvalue weighted by molar-refractivity contribution is 6.06. The summed E-state index contributed by atoms with van der Waals surface area (Å²) in [5.41, 5.74) is 4.98. The third-order valence-electron chi connectivity index (χ3n) is 5.36. The maximum atomic E-state index is 12.8. The van der Waals surface area contributed by atoms with Crippen molar-refractivity contribution in [1.82, 2.24) is 14.8 Å². The fraction of sp³-hybridized carbons (Fsp3) is 0.400. The summed E-state index contributed by atoms with van der Waals surface area (Å²) < 4.78 is 1.97.